The molecule has 1 saturated heterocycles. The Morgan fingerprint density at radius 2 is 2.00 bits per heavy atom. The van der Waals surface area contributed by atoms with E-state index < -0.39 is 0 Å². The second-order valence-electron chi connectivity index (χ2n) is 7.42. The number of hydrogen-bond donors (Lipinski definition) is 1. The van der Waals surface area contributed by atoms with Crippen molar-refractivity contribution in [2.75, 3.05) is 11.4 Å². The van der Waals surface area contributed by atoms with Crippen LogP contribution in [0, 0.1) is 5.82 Å². The smallest absolute Gasteiger partial charge is 0.146 e. The monoisotopic (exact) mass is 278 g/mol. The van der Waals surface area contributed by atoms with Crippen LogP contribution >= 0.6 is 0 Å². The molecule has 0 saturated carbocycles. The van der Waals surface area contributed by atoms with Crippen LogP contribution in [-0.4, -0.2) is 17.6 Å². The van der Waals surface area contributed by atoms with Crippen molar-refractivity contribution >= 4 is 5.69 Å². The van der Waals surface area contributed by atoms with Gasteiger partial charge in [0.1, 0.15) is 5.82 Å². The molecule has 1 aromatic rings. The molecule has 0 amide bonds. The molecular weight excluding hydrogens is 251 g/mol. The fourth-order valence-corrected chi connectivity index (χ4v) is 2.89. The minimum Gasteiger partial charge on any atom is -0.364 e. The first-order valence-electron chi connectivity index (χ1n) is 7.51. The van der Waals surface area contributed by atoms with Crippen LogP contribution in [0.1, 0.15) is 53.0 Å². The predicted molar refractivity (Wildman–Crippen MR) is 83.7 cm³/mol. The summed E-state index contributed by atoms with van der Waals surface area (Å²) >= 11 is 0. The number of rotatable bonds is 3. The van der Waals surface area contributed by atoms with Crippen LogP contribution in [0.3, 0.4) is 0 Å². The van der Waals surface area contributed by atoms with Crippen molar-refractivity contribution in [2.45, 2.75) is 65.1 Å². The molecule has 1 aliphatic heterocycles. The number of anilines is 1. The highest BCUT2D eigenvalue weighted by Crippen LogP contribution is 2.37. The van der Waals surface area contributed by atoms with Crippen LogP contribution in [0.5, 0.6) is 0 Å². The summed E-state index contributed by atoms with van der Waals surface area (Å²) in [6.07, 6.45) is 2.25. The third-order valence-electron chi connectivity index (χ3n) is 4.05. The van der Waals surface area contributed by atoms with E-state index in [2.05, 4.69) is 44.8 Å². The number of para-hydroxylation sites is 1. The molecule has 112 valence electrons. The van der Waals surface area contributed by atoms with Crippen LogP contribution in [-0.2, 0) is 6.54 Å². The molecule has 2 rings (SSSR count). The number of hydrogen-bond acceptors (Lipinski definition) is 2. The highest BCUT2D eigenvalue weighted by atomic mass is 19.1. The first-order valence-corrected chi connectivity index (χ1v) is 7.51. The predicted octanol–water partition coefficient (Wildman–Crippen LogP) is 4.09. The van der Waals surface area contributed by atoms with Gasteiger partial charge in [-0.3, -0.25) is 0 Å². The highest BCUT2D eigenvalue weighted by molar-refractivity contribution is 5.57. The van der Waals surface area contributed by atoms with Gasteiger partial charge in [0, 0.05) is 24.2 Å². The SMILES string of the molecule is CC(C)(C)NCc1cccc(F)c1N1CCCC1(C)C. The van der Waals surface area contributed by atoms with Crippen molar-refractivity contribution in [1.29, 1.82) is 0 Å². The largest absolute Gasteiger partial charge is 0.364 e. The summed E-state index contributed by atoms with van der Waals surface area (Å²) in [7, 11) is 0. The normalized spacial score (nSPS) is 18.6. The zero-order valence-corrected chi connectivity index (χ0v) is 13.4. The van der Waals surface area contributed by atoms with Gasteiger partial charge < -0.3 is 10.2 Å². The number of benzene rings is 1. The van der Waals surface area contributed by atoms with Crippen molar-refractivity contribution in [3.05, 3.63) is 29.6 Å². The highest BCUT2D eigenvalue weighted by Gasteiger charge is 2.34. The summed E-state index contributed by atoms with van der Waals surface area (Å²) in [5.41, 5.74) is 1.91. The lowest BCUT2D eigenvalue weighted by atomic mass is 10.00. The number of nitrogens with one attached hydrogen (secondary N) is 1. The lowest BCUT2D eigenvalue weighted by Gasteiger charge is -2.36. The van der Waals surface area contributed by atoms with E-state index in [4.69, 9.17) is 0 Å². The molecule has 3 heteroatoms. The number of halogens is 1. The van der Waals surface area contributed by atoms with Crippen molar-refractivity contribution in [3.8, 4) is 0 Å². The molecule has 20 heavy (non-hydrogen) atoms. The standard InChI is InChI=1S/C17H27FN2/c1-16(2,3)19-12-13-8-6-9-14(18)15(13)20-11-7-10-17(20,4)5/h6,8-9,19H,7,10-12H2,1-5H3. The second kappa shape index (κ2) is 5.36. The van der Waals surface area contributed by atoms with Crippen molar-refractivity contribution in [3.63, 3.8) is 0 Å². The molecule has 0 aromatic heterocycles. The van der Waals surface area contributed by atoms with Gasteiger partial charge in [-0.25, -0.2) is 4.39 Å². The molecule has 0 unspecified atom stereocenters. The van der Waals surface area contributed by atoms with E-state index in [1.165, 1.54) is 0 Å². The van der Waals surface area contributed by atoms with E-state index in [1.54, 1.807) is 6.07 Å². The van der Waals surface area contributed by atoms with Gasteiger partial charge in [-0.15, -0.1) is 0 Å². The Kier molecular flexibility index (Phi) is 4.10. The average molecular weight is 278 g/mol. The van der Waals surface area contributed by atoms with Gasteiger partial charge in [0.05, 0.1) is 5.69 Å². The molecule has 0 atom stereocenters. The Labute approximate surface area is 122 Å². The van der Waals surface area contributed by atoms with E-state index in [9.17, 15) is 4.39 Å². The van der Waals surface area contributed by atoms with Gasteiger partial charge in [0.2, 0.25) is 0 Å². The van der Waals surface area contributed by atoms with E-state index >= 15 is 0 Å². The molecule has 0 bridgehead atoms. The fourth-order valence-electron chi connectivity index (χ4n) is 2.89. The fraction of sp³-hybridized carbons (Fsp3) is 0.647. The summed E-state index contributed by atoms with van der Waals surface area (Å²) in [5, 5.41) is 3.46. The van der Waals surface area contributed by atoms with E-state index in [1.807, 2.05) is 12.1 Å². The third-order valence-corrected chi connectivity index (χ3v) is 4.05. The molecule has 0 radical (unpaired) electrons. The molecule has 2 nitrogen and oxygen atoms in total. The molecule has 1 heterocycles. The van der Waals surface area contributed by atoms with Crippen molar-refractivity contribution in [2.24, 2.45) is 0 Å². The number of nitrogens with zero attached hydrogens (tertiary/aromatic N) is 1. The molecule has 0 spiro atoms. The summed E-state index contributed by atoms with van der Waals surface area (Å²) in [6, 6.07) is 5.41. The second-order valence-corrected chi connectivity index (χ2v) is 7.42. The van der Waals surface area contributed by atoms with Gasteiger partial charge >= 0.3 is 0 Å². The van der Waals surface area contributed by atoms with Crippen LogP contribution in [0.4, 0.5) is 10.1 Å². The Bertz CT molecular complexity index is 474. The van der Waals surface area contributed by atoms with E-state index in [-0.39, 0.29) is 16.9 Å². The van der Waals surface area contributed by atoms with Gasteiger partial charge in [-0.2, -0.15) is 0 Å². The quantitative estimate of drug-likeness (QED) is 0.895. The Hall–Kier alpha value is -1.09. The maximum absolute atomic E-state index is 14.4. The lowest BCUT2D eigenvalue weighted by Crippen LogP contribution is -2.40. The summed E-state index contributed by atoms with van der Waals surface area (Å²) < 4.78 is 14.4. The van der Waals surface area contributed by atoms with Gasteiger partial charge in [0.25, 0.3) is 0 Å². The van der Waals surface area contributed by atoms with Gasteiger partial charge in [-0.1, -0.05) is 12.1 Å². The molecule has 1 aromatic carbocycles. The van der Waals surface area contributed by atoms with Crippen LogP contribution in [0.2, 0.25) is 0 Å². The first-order chi connectivity index (χ1) is 9.21. The lowest BCUT2D eigenvalue weighted by molar-refractivity contribution is 0.422. The van der Waals surface area contributed by atoms with Crippen LogP contribution < -0.4 is 10.2 Å². The molecule has 0 aliphatic carbocycles. The Morgan fingerprint density at radius 1 is 1.30 bits per heavy atom. The zero-order valence-electron chi connectivity index (χ0n) is 13.4. The van der Waals surface area contributed by atoms with Crippen molar-refractivity contribution in [1.82, 2.24) is 5.32 Å². The summed E-state index contributed by atoms with van der Waals surface area (Å²) in [6.45, 7) is 12.4. The van der Waals surface area contributed by atoms with Crippen LogP contribution in [0.15, 0.2) is 18.2 Å². The minimum atomic E-state index is -0.104. The maximum atomic E-state index is 14.4. The maximum Gasteiger partial charge on any atom is 0.146 e. The molecular formula is C17H27FN2. The van der Waals surface area contributed by atoms with Gasteiger partial charge in [0.15, 0.2) is 0 Å². The van der Waals surface area contributed by atoms with Crippen molar-refractivity contribution < 1.29 is 4.39 Å². The Balaban J connectivity index is 2.32. The minimum absolute atomic E-state index is 0.0319. The van der Waals surface area contributed by atoms with E-state index in [0.717, 1.165) is 30.6 Å². The Morgan fingerprint density at radius 3 is 2.55 bits per heavy atom. The third kappa shape index (κ3) is 3.32. The summed E-state index contributed by atoms with van der Waals surface area (Å²) in [4.78, 5) is 2.24. The topological polar surface area (TPSA) is 15.3 Å². The zero-order chi connectivity index (χ0) is 15.0. The summed E-state index contributed by atoms with van der Waals surface area (Å²) in [5.74, 6) is -0.104. The first kappa shape index (κ1) is 15.3. The average Bonchev–Trinajstić information content (AvgIpc) is 2.65. The van der Waals surface area contributed by atoms with E-state index in [0.29, 0.717) is 6.54 Å². The molecule has 1 fully saturated rings. The van der Waals surface area contributed by atoms with Gasteiger partial charge in [-0.05, 0) is 59.1 Å². The molecule has 1 N–H and O–H groups in total. The molecule has 1 aliphatic rings. The van der Waals surface area contributed by atoms with Crippen LogP contribution in [0.25, 0.3) is 0 Å².